The maximum Gasteiger partial charge on any atom is 0.137 e. The van der Waals surface area contributed by atoms with Gasteiger partial charge >= 0.3 is 0 Å². The molecule has 2 nitrogen and oxygen atoms in total. The Balaban J connectivity index is 2.77. The van der Waals surface area contributed by atoms with Crippen LogP contribution in [0.25, 0.3) is 10.1 Å². The summed E-state index contributed by atoms with van der Waals surface area (Å²) in [5.41, 5.74) is 0.900. The molecule has 0 spiro atoms. The Morgan fingerprint density at radius 1 is 1.38 bits per heavy atom. The number of aromatic hydroxyl groups is 1. The standard InChI is InChI=1S/C10H10O2S/c1-6-3-10-7(4-8(6)11)9(12-2)5-13-10/h3-5,11H,1-2H3. The van der Waals surface area contributed by atoms with Crippen molar-refractivity contribution in [3.63, 3.8) is 0 Å². The van der Waals surface area contributed by atoms with Crippen LogP contribution < -0.4 is 4.74 Å². The largest absolute Gasteiger partial charge is 0.508 e. The second-order valence-electron chi connectivity index (χ2n) is 2.94. The van der Waals surface area contributed by atoms with Crippen molar-refractivity contribution in [1.82, 2.24) is 0 Å². The van der Waals surface area contributed by atoms with E-state index in [0.717, 1.165) is 21.4 Å². The molecule has 0 unspecified atom stereocenters. The minimum Gasteiger partial charge on any atom is -0.508 e. The van der Waals surface area contributed by atoms with Crippen molar-refractivity contribution in [2.45, 2.75) is 6.92 Å². The van der Waals surface area contributed by atoms with Gasteiger partial charge in [0.2, 0.25) is 0 Å². The van der Waals surface area contributed by atoms with Crippen LogP contribution in [-0.4, -0.2) is 12.2 Å². The highest BCUT2D eigenvalue weighted by Crippen LogP contribution is 2.35. The van der Waals surface area contributed by atoms with E-state index in [1.54, 1.807) is 24.5 Å². The molecule has 1 heterocycles. The van der Waals surface area contributed by atoms with E-state index in [1.165, 1.54) is 0 Å². The number of rotatable bonds is 1. The first-order valence-electron chi connectivity index (χ1n) is 3.97. The van der Waals surface area contributed by atoms with Gasteiger partial charge in [-0.3, -0.25) is 0 Å². The van der Waals surface area contributed by atoms with Gasteiger partial charge in [0.15, 0.2) is 0 Å². The number of methoxy groups -OCH3 is 1. The number of aryl methyl sites for hydroxylation is 1. The van der Waals surface area contributed by atoms with Gasteiger partial charge in [0.05, 0.1) is 7.11 Å². The zero-order valence-corrected chi connectivity index (χ0v) is 8.31. The first kappa shape index (κ1) is 8.38. The van der Waals surface area contributed by atoms with E-state index in [9.17, 15) is 5.11 Å². The van der Waals surface area contributed by atoms with Crippen LogP contribution in [0.5, 0.6) is 11.5 Å². The fourth-order valence-corrected chi connectivity index (χ4v) is 2.29. The smallest absolute Gasteiger partial charge is 0.137 e. The third kappa shape index (κ3) is 1.25. The van der Waals surface area contributed by atoms with Gasteiger partial charge in [0.25, 0.3) is 0 Å². The molecule has 0 aliphatic rings. The normalized spacial score (nSPS) is 10.6. The predicted molar refractivity (Wildman–Crippen MR) is 54.8 cm³/mol. The van der Waals surface area contributed by atoms with Gasteiger partial charge in [-0.25, -0.2) is 0 Å². The molecule has 0 aliphatic carbocycles. The first-order valence-corrected chi connectivity index (χ1v) is 4.85. The summed E-state index contributed by atoms with van der Waals surface area (Å²) in [6, 6.07) is 3.72. The van der Waals surface area contributed by atoms with E-state index in [0.29, 0.717) is 5.75 Å². The Bertz CT molecular complexity index is 445. The number of phenolic OH excluding ortho intramolecular Hbond substituents is 1. The molecule has 68 valence electrons. The number of fused-ring (bicyclic) bond motifs is 1. The molecule has 1 aromatic heterocycles. The van der Waals surface area contributed by atoms with Crippen LogP contribution in [0.3, 0.4) is 0 Å². The Morgan fingerprint density at radius 3 is 2.85 bits per heavy atom. The van der Waals surface area contributed by atoms with Crippen LogP contribution >= 0.6 is 11.3 Å². The van der Waals surface area contributed by atoms with Crippen molar-refractivity contribution in [2.24, 2.45) is 0 Å². The summed E-state index contributed by atoms with van der Waals surface area (Å²) in [7, 11) is 1.64. The molecular formula is C10H10O2S. The van der Waals surface area contributed by atoms with Gasteiger partial charge in [-0.15, -0.1) is 11.3 Å². The maximum absolute atomic E-state index is 9.50. The monoisotopic (exact) mass is 194 g/mol. The lowest BCUT2D eigenvalue weighted by atomic mass is 10.2. The minimum absolute atomic E-state index is 0.323. The van der Waals surface area contributed by atoms with Crippen LogP contribution in [0.15, 0.2) is 17.5 Å². The molecule has 0 amide bonds. The number of hydrogen-bond donors (Lipinski definition) is 1. The van der Waals surface area contributed by atoms with Crippen molar-refractivity contribution in [2.75, 3.05) is 7.11 Å². The first-order chi connectivity index (χ1) is 6.22. The number of hydrogen-bond acceptors (Lipinski definition) is 3. The lowest BCUT2D eigenvalue weighted by Gasteiger charge is -2.00. The second kappa shape index (κ2) is 2.92. The SMILES string of the molecule is COc1csc2cc(C)c(O)cc12. The fourth-order valence-electron chi connectivity index (χ4n) is 1.30. The third-order valence-corrected chi connectivity index (χ3v) is 3.00. The molecule has 0 bridgehead atoms. The fraction of sp³-hybridized carbons (Fsp3) is 0.200. The Hall–Kier alpha value is -1.22. The van der Waals surface area contributed by atoms with Gasteiger partial charge in [0.1, 0.15) is 11.5 Å². The molecule has 0 aliphatic heterocycles. The lowest BCUT2D eigenvalue weighted by Crippen LogP contribution is -1.80. The predicted octanol–water partition coefficient (Wildman–Crippen LogP) is 2.92. The van der Waals surface area contributed by atoms with Gasteiger partial charge in [0, 0.05) is 15.5 Å². The molecule has 1 aromatic carbocycles. The van der Waals surface area contributed by atoms with Crippen molar-refractivity contribution in [3.05, 3.63) is 23.1 Å². The summed E-state index contributed by atoms with van der Waals surface area (Å²) >= 11 is 1.63. The number of phenols is 1. The van der Waals surface area contributed by atoms with Crippen molar-refractivity contribution >= 4 is 21.4 Å². The summed E-state index contributed by atoms with van der Waals surface area (Å²) in [6.07, 6.45) is 0. The summed E-state index contributed by atoms with van der Waals surface area (Å²) in [4.78, 5) is 0. The van der Waals surface area contributed by atoms with Crippen LogP contribution in [0, 0.1) is 6.92 Å². The molecule has 0 saturated carbocycles. The molecular weight excluding hydrogens is 184 g/mol. The van der Waals surface area contributed by atoms with E-state index in [1.807, 2.05) is 18.4 Å². The third-order valence-electron chi connectivity index (χ3n) is 2.08. The molecule has 1 N–H and O–H groups in total. The molecule has 3 heteroatoms. The Morgan fingerprint density at radius 2 is 2.15 bits per heavy atom. The average molecular weight is 194 g/mol. The Labute approximate surface area is 80.4 Å². The highest BCUT2D eigenvalue weighted by molar-refractivity contribution is 7.17. The molecule has 0 atom stereocenters. The van der Waals surface area contributed by atoms with Gasteiger partial charge in [-0.1, -0.05) is 0 Å². The number of ether oxygens (including phenoxy) is 1. The summed E-state index contributed by atoms with van der Waals surface area (Å²) in [5, 5.41) is 12.4. The van der Waals surface area contributed by atoms with E-state index in [4.69, 9.17) is 4.74 Å². The molecule has 13 heavy (non-hydrogen) atoms. The van der Waals surface area contributed by atoms with Crippen molar-refractivity contribution in [3.8, 4) is 11.5 Å². The summed E-state index contributed by atoms with van der Waals surface area (Å²) in [6.45, 7) is 1.89. The average Bonchev–Trinajstić information content (AvgIpc) is 2.48. The van der Waals surface area contributed by atoms with Crippen molar-refractivity contribution in [1.29, 1.82) is 0 Å². The van der Waals surface area contributed by atoms with Crippen LogP contribution in [-0.2, 0) is 0 Å². The summed E-state index contributed by atoms with van der Waals surface area (Å²) in [5.74, 6) is 1.15. The maximum atomic E-state index is 9.50. The highest BCUT2D eigenvalue weighted by Gasteiger charge is 2.06. The van der Waals surface area contributed by atoms with Crippen LogP contribution in [0.4, 0.5) is 0 Å². The molecule has 0 fully saturated rings. The van der Waals surface area contributed by atoms with Gasteiger partial charge in [-0.05, 0) is 24.6 Å². The Kier molecular flexibility index (Phi) is 1.88. The van der Waals surface area contributed by atoms with E-state index in [2.05, 4.69) is 0 Å². The van der Waals surface area contributed by atoms with E-state index >= 15 is 0 Å². The quantitative estimate of drug-likeness (QED) is 0.756. The van der Waals surface area contributed by atoms with Crippen LogP contribution in [0.1, 0.15) is 5.56 Å². The zero-order valence-electron chi connectivity index (χ0n) is 7.50. The molecule has 0 radical (unpaired) electrons. The van der Waals surface area contributed by atoms with Crippen LogP contribution in [0.2, 0.25) is 0 Å². The van der Waals surface area contributed by atoms with Gasteiger partial charge in [-0.2, -0.15) is 0 Å². The molecule has 2 aromatic rings. The molecule has 0 saturated heterocycles. The van der Waals surface area contributed by atoms with Gasteiger partial charge < -0.3 is 9.84 Å². The number of benzene rings is 1. The van der Waals surface area contributed by atoms with E-state index < -0.39 is 0 Å². The molecule has 2 rings (SSSR count). The number of thiophene rings is 1. The lowest BCUT2D eigenvalue weighted by molar-refractivity contribution is 0.421. The highest BCUT2D eigenvalue weighted by atomic mass is 32.1. The zero-order chi connectivity index (χ0) is 9.42. The van der Waals surface area contributed by atoms with E-state index in [-0.39, 0.29) is 0 Å². The van der Waals surface area contributed by atoms with Crippen molar-refractivity contribution < 1.29 is 9.84 Å². The minimum atomic E-state index is 0.323. The summed E-state index contributed by atoms with van der Waals surface area (Å²) < 4.78 is 6.31. The second-order valence-corrected chi connectivity index (χ2v) is 3.85. The topological polar surface area (TPSA) is 29.5 Å².